The Morgan fingerprint density at radius 2 is 2.12 bits per heavy atom. The van der Waals surface area contributed by atoms with Gasteiger partial charge in [-0.05, 0) is 38.5 Å². The Balaban J connectivity index is 2.27. The van der Waals surface area contributed by atoms with E-state index in [1.54, 1.807) is 6.07 Å². The summed E-state index contributed by atoms with van der Waals surface area (Å²) in [5.74, 6) is 0.0384. The zero-order valence-corrected chi connectivity index (χ0v) is 14.7. The fraction of sp³-hybridized carbons (Fsp3) is 0.438. The Morgan fingerprint density at radius 1 is 1.42 bits per heavy atom. The van der Waals surface area contributed by atoms with E-state index in [-0.39, 0.29) is 4.90 Å². The number of sulfonamides is 1. The van der Waals surface area contributed by atoms with Crippen molar-refractivity contribution >= 4 is 27.5 Å². The van der Waals surface area contributed by atoms with E-state index in [4.69, 9.17) is 5.26 Å². The number of hydrogen-bond donors (Lipinski definition) is 1. The normalized spacial score (nSPS) is 16.9. The van der Waals surface area contributed by atoms with Crippen molar-refractivity contribution < 1.29 is 13.2 Å². The molecule has 7 nitrogen and oxygen atoms in total. The van der Waals surface area contributed by atoms with E-state index in [1.165, 1.54) is 32.0 Å². The van der Waals surface area contributed by atoms with Gasteiger partial charge in [0.1, 0.15) is 11.3 Å². The molecule has 1 fully saturated rings. The highest BCUT2D eigenvalue weighted by atomic mass is 32.2. The van der Waals surface area contributed by atoms with Crippen LogP contribution in [0, 0.1) is 16.7 Å². The average Bonchev–Trinajstić information content (AvgIpc) is 2.92. The molecule has 0 saturated carbocycles. The van der Waals surface area contributed by atoms with E-state index in [9.17, 15) is 13.2 Å². The lowest BCUT2D eigenvalue weighted by Gasteiger charge is -2.15. The minimum Gasteiger partial charge on any atom is -0.362 e. The molecule has 0 atom stereocenters. The lowest BCUT2D eigenvalue weighted by molar-refractivity contribution is -0.121. The number of rotatable bonds is 4. The average molecular weight is 348 g/mol. The van der Waals surface area contributed by atoms with Crippen LogP contribution in [0.15, 0.2) is 33.6 Å². The lowest BCUT2D eigenvalue weighted by atomic mass is 9.95. The highest BCUT2D eigenvalue weighted by molar-refractivity contribution is 7.90. The Bertz CT molecular complexity index is 822. The van der Waals surface area contributed by atoms with Gasteiger partial charge in [0, 0.05) is 25.7 Å². The zero-order valence-electron chi connectivity index (χ0n) is 13.9. The van der Waals surface area contributed by atoms with Gasteiger partial charge in [0.25, 0.3) is 10.0 Å². The summed E-state index contributed by atoms with van der Waals surface area (Å²) in [5, 5.41) is 11.5. The predicted molar refractivity (Wildman–Crippen MR) is 91.0 cm³/mol. The third-order valence-corrected chi connectivity index (χ3v) is 5.10. The van der Waals surface area contributed by atoms with E-state index in [2.05, 4.69) is 9.71 Å². The third kappa shape index (κ3) is 3.92. The fourth-order valence-electron chi connectivity index (χ4n) is 2.17. The van der Waals surface area contributed by atoms with Gasteiger partial charge in [-0.2, -0.15) is 13.7 Å². The molecule has 1 aliphatic heterocycles. The topological polar surface area (TPSA) is 103 Å². The van der Waals surface area contributed by atoms with Crippen molar-refractivity contribution in [2.75, 3.05) is 18.9 Å². The van der Waals surface area contributed by atoms with Crippen molar-refractivity contribution in [3.05, 3.63) is 24.3 Å². The summed E-state index contributed by atoms with van der Waals surface area (Å²) in [6, 6.07) is 7.78. The first-order chi connectivity index (χ1) is 11.2. The molecule has 1 aromatic carbocycles. The van der Waals surface area contributed by atoms with Gasteiger partial charge < -0.3 is 10.2 Å². The van der Waals surface area contributed by atoms with Gasteiger partial charge in [-0.15, -0.1) is 4.40 Å². The number of carbonyl (C=O) groups excluding carboxylic acids is 1. The predicted octanol–water partition coefficient (Wildman–Crippen LogP) is 1.99. The number of nitrogens with one attached hydrogen (secondary N) is 1. The molecule has 1 amide bonds. The van der Waals surface area contributed by atoms with Crippen LogP contribution in [0.5, 0.6) is 0 Å². The standard InChI is InChI=1S/C16H20N4O3S/c1-16(2,11-17)15(21)18-12-6-4-7-13(10-12)24(22,23)19-14-8-5-9-20(14)3/h4,6-7,10H,5,8-9H2,1-3H3,(H,18,21). The molecule has 8 heteroatoms. The summed E-state index contributed by atoms with van der Waals surface area (Å²) in [6.07, 6.45) is 1.51. The highest BCUT2D eigenvalue weighted by Gasteiger charge is 2.27. The quantitative estimate of drug-likeness (QED) is 0.896. The molecule has 1 aromatic rings. The summed E-state index contributed by atoms with van der Waals surface area (Å²) < 4.78 is 28.8. The van der Waals surface area contributed by atoms with Crippen LogP contribution in [-0.2, 0) is 14.8 Å². The summed E-state index contributed by atoms with van der Waals surface area (Å²) in [6.45, 7) is 3.77. The molecule has 128 valence electrons. The Labute approximate surface area is 142 Å². The van der Waals surface area contributed by atoms with Crippen LogP contribution in [0.3, 0.4) is 0 Å². The Hall–Kier alpha value is -2.40. The molecule has 1 N–H and O–H groups in total. The molecule has 0 spiro atoms. The highest BCUT2D eigenvalue weighted by Crippen LogP contribution is 2.22. The summed E-state index contributed by atoms with van der Waals surface area (Å²) in [7, 11) is -2.04. The smallest absolute Gasteiger partial charge is 0.284 e. The van der Waals surface area contributed by atoms with E-state index >= 15 is 0 Å². The van der Waals surface area contributed by atoms with Crippen LogP contribution in [0.4, 0.5) is 5.69 Å². The van der Waals surface area contributed by atoms with Gasteiger partial charge in [0.05, 0.1) is 11.0 Å². The molecule has 0 aliphatic carbocycles. The van der Waals surface area contributed by atoms with Crippen molar-refractivity contribution in [1.29, 1.82) is 5.26 Å². The minimum absolute atomic E-state index is 0.00265. The van der Waals surface area contributed by atoms with Crippen LogP contribution in [0.2, 0.25) is 0 Å². The van der Waals surface area contributed by atoms with Crippen molar-refractivity contribution in [2.24, 2.45) is 9.81 Å². The molecule has 0 aromatic heterocycles. The zero-order chi connectivity index (χ0) is 18.0. The van der Waals surface area contributed by atoms with Crippen LogP contribution >= 0.6 is 0 Å². The largest absolute Gasteiger partial charge is 0.362 e. The van der Waals surface area contributed by atoms with Crippen molar-refractivity contribution in [3.63, 3.8) is 0 Å². The van der Waals surface area contributed by atoms with E-state index in [0.29, 0.717) is 17.9 Å². The first-order valence-corrected chi connectivity index (χ1v) is 8.97. The van der Waals surface area contributed by atoms with Crippen LogP contribution < -0.4 is 5.32 Å². The number of likely N-dealkylation sites (tertiary alicyclic amines) is 1. The number of hydrogen-bond acceptors (Lipinski definition) is 4. The maximum atomic E-state index is 12.4. The van der Waals surface area contributed by atoms with Gasteiger partial charge in [0.15, 0.2) is 0 Å². The van der Waals surface area contributed by atoms with Crippen LogP contribution in [-0.4, -0.2) is 38.7 Å². The van der Waals surface area contributed by atoms with Crippen molar-refractivity contribution in [1.82, 2.24) is 4.90 Å². The molecule has 0 unspecified atom stereocenters. The second-order valence-corrected chi connectivity index (χ2v) is 7.83. The second-order valence-electron chi connectivity index (χ2n) is 6.23. The summed E-state index contributed by atoms with van der Waals surface area (Å²) in [5.41, 5.74) is -0.897. The lowest BCUT2D eigenvalue weighted by Crippen LogP contribution is -2.29. The maximum Gasteiger partial charge on any atom is 0.284 e. The van der Waals surface area contributed by atoms with Gasteiger partial charge in [-0.1, -0.05) is 6.07 Å². The molecule has 24 heavy (non-hydrogen) atoms. The van der Waals surface area contributed by atoms with Crippen molar-refractivity contribution in [2.45, 2.75) is 31.6 Å². The third-order valence-electron chi connectivity index (χ3n) is 3.80. The molecule has 1 heterocycles. The minimum atomic E-state index is -3.85. The van der Waals surface area contributed by atoms with Gasteiger partial charge in [0.2, 0.25) is 5.91 Å². The van der Waals surface area contributed by atoms with Crippen LogP contribution in [0.25, 0.3) is 0 Å². The Kier molecular flexibility index (Phi) is 4.94. The van der Waals surface area contributed by atoms with Gasteiger partial charge >= 0.3 is 0 Å². The molecular formula is C16H20N4O3S. The number of amides is 1. The van der Waals surface area contributed by atoms with E-state index in [1.807, 2.05) is 18.0 Å². The number of amidine groups is 1. The van der Waals surface area contributed by atoms with Gasteiger partial charge in [-0.25, -0.2) is 0 Å². The molecule has 1 aliphatic rings. The fourth-order valence-corrected chi connectivity index (χ4v) is 3.31. The van der Waals surface area contributed by atoms with E-state index < -0.39 is 21.3 Å². The van der Waals surface area contributed by atoms with E-state index in [0.717, 1.165) is 13.0 Å². The number of nitrogens with zero attached hydrogens (tertiary/aromatic N) is 3. The molecule has 0 radical (unpaired) electrons. The molecule has 1 saturated heterocycles. The van der Waals surface area contributed by atoms with Crippen LogP contribution in [0.1, 0.15) is 26.7 Å². The monoisotopic (exact) mass is 348 g/mol. The summed E-state index contributed by atoms with van der Waals surface area (Å²) in [4.78, 5) is 13.9. The Morgan fingerprint density at radius 3 is 2.71 bits per heavy atom. The number of anilines is 1. The molecule has 0 bridgehead atoms. The maximum absolute atomic E-state index is 12.4. The second kappa shape index (κ2) is 6.61. The number of carbonyl (C=O) groups is 1. The summed E-state index contributed by atoms with van der Waals surface area (Å²) >= 11 is 0. The van der Waals surface area contributed by atoms with Crippen molar-refractivity contribution in [3.8, 4) is 6.07 Å². The first-order valence-electron chi connectivity index (χ1n) is 7.53. The SMILES string of the molecule is CN1CCCC1=NS(=O)(=O)c1cccc(NC(=O)C(C)(C)C#N)c1. The molecular weight excluding hydrogens is 328 g/mol. The number of benzene rings is 1. The van der Waals surface area contributed by atoms with Gasteiger partial charge in [-0.3, -0.25) is 4.79 Å². The number of nitriles is 1. The molecule has 2 rings (SSSR count). The first kappa shape index (κ1) is 17.9.